The van der Waals surface area contributed by atoms with E-state index in [1.54, 1.807) is 20.0 Å². The molecule has 3 aromatic rings. The van der Waals surface area contributed by atoms with E-state index in [4.69, 9.17) is 5.73 Å². The van der Waals surface area contributed by atoms with Crippen LogP contribution in [0.5, 0.6) is 0 Å². The number of aromatic nitrogens is 3. The number of H-pyrrole nitrogens is 2. The van der Waals surface area contributed by atoms with Crippen molar-refractivity contribution in [3.63, 3.8) is 0 Å². The van der Waals surface area contributed by atoms with Crippen LogP contribution >= 0.6 is 0 Å². The van der Waals surface area contributed by atoms with Crippen molar-refractivity contribution in [3.8, 4) is 0 Å². The van der Waals surface area contributed by atoms with Gasteiger partial charge >= 0.3 is 11.9 Å². The molecule has 5 unspecified atom stereocenters. The summed E-state index contributed by atoms with van der Waals surface area (Å²) in [6.45, 7) is 3.38. The number of nitrogens with one attached hydrogen (secondary N) is 5. The summed E-state index contributed by atoms with van der Waals surface area (Å²) in [6, 6.07) is 2.15. The maximum atomic E-state index is 13.5. The second-order valence-corrected chi connectivity index (χ2v) is 9.88. The van der Waals surface area contributed by atoms with Crippen molar-refractivity contribution in [1.82, 2.24) is 30.9 Å². The van der Waals surface area contributed by atoms with Crippen molar-refractivity contribution in [2.24, 2.45) is 11.7 Å². The molecule has 0 saturated carbocycles. The SMILES string of the molecule is CCC(C)C(NC(=O)C(CC(=O)O)NC(=O)C(Cc1c[nH]c2ccccc12)NC(=O)C(N)Cc1cnc[nH]1)C(=O)O. The number of nitrogens with zero attached hydrogens (tertiary/aromatic N) is 1. The Kier molecular flexibility index (Phi) is 10.6. The van der Waals surface area contributed by atoms with Gasteiger partial charge in [-0.2, -0.15) is 0 Å². The van der Waals surface area contributed by atoms with E-state index >= 15 is 0 Å². The van der Waals surface area contributed by atoms with Gasteiger partial charge in [0, 0.05) is 41.8 Å². The van der Waals surface area contributed by atoms with Crippen LogP contribution in [0.2, 0.25) is 0 Å². The molecule has 2 heterocycles. The Morgan fingerprint density at radius 2 is 1.63 bits per heavy atom. The Labute approximate surface area is 235 Å². The number of carbonyl (C=O) groups is 5. The Hall–Kier alpha value is -4.72. The lowest BCUT2D eigenvalue weighted by molar-refractivity contribution is -0.144. The van der Waals surface area contributed by atoms with Crippen LogP contribution in [0, 0.1) is 5.92 Å². The molecule has 0 radical (unpaired) electrons. The summed E-state index contributed by atoms with van der Waals surface area (Å²) in [5.74, 6) is -5.59. The summed E-state index contributed by atoms with van der Waals surface area (Å²) in [6.07, 6.45) is 4.38. The Morgan fingerprint density at radius 1 is 0.951 bits per heavy atom. The highest BCUT2D eigenvalue weighted by Gasteiger charge is 2.33. The molecule has 3 amide bonds. The zero-order valence-electron chi connectivity index (χ0n) is 22.7. The molecule has 0 spiro atoms. The van der Waals surface area contributed by atoms with Crippen LogP contribution in [0.3, 0.4) is 0 Å². The van der Waals surface area contributed by atoms with Crippen LogP contribution in [-0.4, -0.2) is 79.0 Å². The lowest BCUT2D eigenvalue weighted by Gasteiger charge is -2.26. The fourth-order valence-electron chi connectivity index (χ4n) is 4.33. The number of carboxylic acid groups (broad SMARTS) is 2. The van der Waals surface area contributed by atoms with E-state index in [1.807, 2.05) is 24.3 Å². The minimum absolute atomic E-state index is 0.00953. The molecule has 0 aliphatic heterocycles. The maximum Gasteiger partial charge on any atom is 0.326 e. The lowest BCUT2D eigenvalue weighted by Crippen LogP contribution is -2.58. The summed E-state index contributed by atoms with van der Waals surface area (Å²) in [7, 11) is 0. The van der Waals surface area contributed by atoms with Crippen LogP contribution < -0.4 is 21.7 Å². The molecule has 9 N–H and O–H groups in total. The fraction of sp³-hybridized carbons (Fsp3) is 0.407. The molecule has 41 heavy (non-hydrogen) atoms. The zero-order chi connectivity index (χ0) is 30.1. The average molecular weight is 570 g/mol. The summed E-state index contributed by atoms with van der Waals surface area (Å²) in [4.78, 5) is 72.6. The summed E-state index contributed by atoms with van der Waals surface area (Å²) >= 11 is 0. The number of carboxylic acids is 2. The minimum atomic E-state index is -1.60. The molecule has 0 aliphatic rings. The van der Waals surface area contributed by atoms with Gasteiger partial charge in [-0.05, 0) is 17.5 Å². The summed E-state index contributed by atoms with van der Waals surface area (Å²) < 4.78 is 0. The molecular weight excluding hydrogens is 534 g/mol. The highest BCUT2D eigenvalue weighted by molar-refractivity contribution is 5.96. The van der Waals surface area contributed by atoms with Gasteiger partial charge < -0.3 is 41.9 Å². The van der Waals surface area contributed by atoms with Crippen molar-refractivity contribution in [3.05, 3.63) is 54.2 Å². The van der Waals surface area contributed by atoms with E-state index in [0.29, 0.717) is 17.7 Å². The first-order chi connectivity index (χ1) is 19.5. The number of benzene rings is 1. The second kappa shape index (κ2) is 14.1. The molecule has 1 aromatic carbocycles. The molecular formula is C27H35N7O7. The van der Waals surface area contributed by atoms with Crippen LogP contribution in [0.15, 0.2) is 43.0 Å². The van der Waals surface area contributed by atoms with Crippen LogP contribution in [0.4, 0.5) is 0 Å². The molecule has 0 fully saturated rings. The standard InChI is InChI=1S/C27H35N7O7/c1-3-14(2)23(27(40)41)34-26(39)21(10-22(35)36)33-25(38)20(8-15-11-30-19-7-5-4-6-17(15)19)32-24(37)18(28)9-16-12-29-13-31-16/h4-7,11-14,18,20-21,23,30H,3,8-10,28H2,1-2H3,(H,29,31)(H,32,37)(H,33,38)(H,34,39)(H,35,36)(H,40,41). The van der Waals surface area contributed by atoms with Gasteiger partial charge in [-0.25, -0.2) is 9.78 Å². The first-order valence-electron chi connectivity index (χ1n) is 13.1. The number of hydrogen-bond donors (Lipinski definition) is 8. The molecule has 0 aliphatic carbocycles. The van der Waals surface area contributed by atoms with E-state index in [2.05, 4.69) is 30.9 Å². The number of fused-ring (bicyclic) bond motifs is 1. The topological polar surface area (TPSA) is 232 Å². The number of aromatic amines is 2. The number of imidazole rings is 1. The highest BCUT2D eigenvalue weighted by atomic mass is 16.4. The predicted molar refractivity (Wildman–Crippen MR) is 147 cm³/mol. The van der Waals surface area contributed by atoms with Gasteiger partial charge in [-0.15, -0.1) is 0 Å². The van der Waals surface area contributed by atoms with Gasteiger partial charge in [0.1, 0.15) is 18.1 Å². The van der Waals surface area contributed by atoms with E-state index < -0.39 is 66.2 Å². The molecule has 14 heteroatoms. The molecule has 0 saturated heterocycles. The number of para-hydroxylation sites is 1. The largest absolute Gasteiger partial charge is 0.481 e. The molecule has 5 atom stereocenters. The molecule has 3 rings (SSSR count). The number of nitrogens with two attached hydrogens (primary N) is 1. The number of carbonyl (C=O) groups excluding carboxylic acids is 3. The molecule has 14 nitrogen and oxygen atoms in total. The molecule has 0 bridgehead atoms. The first-order valence-corrected chi connectivity index (χ1v) is 13.1. The third-order valence-corrected chi connectivity index (χ3v) is 6.85. The van der Waals surface area contributed by atoms with Gasteiger partial charge in [-0.1, -0.05) is 38.5 Å². The van der Waals surface area contributed by atoms with E-state index in [1.165, 1.54) is 12.5 Å². The third kappa shape index (κ3) is 8.38. The van der Waals surface area contributed by atoms with E-state index in [0.717, 1.165) is 10.9 Å². The quantitative estimate of drug-likeness (QED) is 0.123. The third-order valence-electron chi connectivity index (χ3n) is 6.85. The van der Waals surface area contributed by atoms with Crippen molar-refractivity contribution in [1.29, 1.82) is 0 Å². The maximum absolute atomic E-state index is 13.5. The average Bonchev–Trinajstić information content (AvgIpc) is 3.59. The normalized spacial score (nSPS) is 14.8. The van der Waals surface area contributed by atoms with Gasteiger partial charge in [0.2, 0.25) is 17.7 Å². The molecule has 220 valence electrons. The van der Waals surface area contributed by atoms with Crippen molar-refractivity contribution in [2.75, 3.05) is 0 Å². The fourth-order valence-corrected chi connectivity index (χ4v) is 4.33. The first kappa shape index (κ1) is 30.8. The Balaban J connectivity index is 1.84. The second-order valence-electron chi connectivity index (χ2n) is 9.88. The highest BCUT2D eigenvalue weighted by Crippen LogP contribution is 2.19. The zero-order valence-corrected chi connectivity index (χ0v) is 22.7. The van der Waals surface area contributed by atoms with E-state index in [9.17, 15) is 34.2 Å². The van der Waals surface area contributed by atoms with Gasteiger partial charge in [0.25, 0.3) is 0 Å². The Morgan fingerprint density at radius 3 is 2.27 bits per heavy atom. The number of rotatable bonds is 15. The van der Waals surface area contributed by atoms with E-state index in [-0.39, 0.29) is 12.8 Å². The Bertz CT molecular complexity index is 1370. The van der Waals surface area contributed by atoms with Crippen LogP contribution in [0.25, 0.3) is 10.9 Å². The number of aliphatic carboxylic acids is 2. The number of hydrogen-bond acceptors (Lipinski definition) is 7. The lowest BCUT2D eigenvalue weighted by atomic mass is 9.98. The smallest absolute Gasteiger partial charge is 0.326 e. The summed E-state index contributed by atoms with van der Waals surface area (Å²) in [5.41, 5.74) is 8.16. The number of amides is 3. The van der Waals surface area contributed by atoms with Crippen LogP contribution in [0.1, 0.15) is 37.9 Å². The van der Waals surface area contributed by atoms with Crippen LogP contribution in [-0.2, 0) is 36.8 Å². The van der Waals surface area contributed by atoms with Gasteiger partial charge in [-0.3, -0.25) is 19.2 Å². The van der Waals surface area contributed by atoms with Crippen molar-refractivity contribution < 1.29 is 34.2 Å². The predicted octanol–water partition coefficient (Wildman–Crippen LogP) is 0.0633. The van der Waals surface area contributed by atoms with Gasteiger partial charge in [0.05, 0.1) is 18.8 Å². The van der Waals surface area contributed by atoms with Crippen molar-refractivity contribution >= 4 is 40.6 Å². The van der Waals surface area contributed by atoms with Crippen molar-refractivity contribution in [2.45, 2.75) is 63.7 Å². The summed E-state index contributed by atoms with van der Waals surface area (Å²) in [5, 5.41) is 27.1. The molecule has 2 aromatic heterocycles. The minimum Gasteiger partial charge on any atom is -0.481 e. The van der Waals surface area contributed by atoms with Gasteiger partial charge in [0.15, 0.2) is 0 Å². The monoisotopic (exact) mass is 569 g/mol.